The third-order valence-corrected chi connectivity index (χ3v) is 19.2. The first-order chi connectivity index (χ1) is 38.1. The molecule has 9 rings (SSSR count). The van der Waals surface area contributed by atoms with Gasteiger partial charge < -0.3 is 52.2 Å². The van der Waals surface area contributed by atoms with Crippen LogP contribution in [0.2, 0.25) is 5.04 Å². The van der Waals surface area contributed by atoms with Gasteiger partial charge in [0.1, 0.15) is 42.7 Å². The van der Waals surface area contributed by atoms with Gasteiger partial charge in [-0.15, -0.1) is 0 Å². The summed E-state index contributed by atoms with van der Waals surface area (Å²) in [6.07, 6.45) is -10.3. The quantitative estimate of drug-likeness (QED) is 0.0457. The molecule has 0 aliphatic carbocycles. The zero-order valence-electron chi connectivity index (χ0n) is 44.9. The van der Waals surface area contributed by atoms with Crippen molar-refractivity contribution in [2.75, 3.05) is 13.2 Å². The highest BCUT2D eigenvalue weighted by atomic mass is 28.4. The molecular weight excluding hydrogens is 1000 g/mol. The van der Waals surface area contributed by atoms with E-state index in [1.807, 2.05) is 164 Å². The first-order valence-corrected chi connectivity index (χ1v) is 28.8. The number of hydrogen-bond donors (Lipinski definition) is 1. The maximum Gasteiger partial charge on any atom is 0.303 e. The van der Waals surface area contributed by atoms with Crippen LogP contribution in [-0.4, -0.2) is 94.0 Å². The summed E-state index contributed by atoms with van der Waals surface area (Å²) >= 11 is 0. The van der Waals surface area contributed by atoms with E-state index in [1.165, 1.54) is 6.92 Å². The zero-order chi connectivity index (χ0) is 54.2. The third-order valence-electron chi connectivity index (χ3n) is 14.2. The average Bonchev–Trinajstić information content (AvgIpc) is 3.50. The van der Waals surface area contributed by atoms with Gasteiger partial charge in [-0.3, -0.25) is 4.79 Å². The van der Waals surface area contributed by atoms with E-state index in [1.54, 1.807) is 0 Å². The van der Waals surface area contributed by atoms with Crippen LogP contribution in [0.1, 0.15) is 55.5 Å². The Morgan fingerprint density at radius 1 is 0.423 bits per heavy atom. The predicted molar refractivity (Wildman–Crippen MR) is 300 cm³/mol. The smallest absolute Gasteiger partial charge is 0.303 e. The van der Waals surface area contributed by atoms with Gasteiger partial charge >= 0.3 is 5.97 Å². The van der Waals surface area contributed by atoms with Crippen molar-refractivity contribution in [3.63, 3.8) is 0 Å². The SMILES string of the molecule is CC(=O)O[C@H]1[C@H](OC[C@H]2O[C@H](O)[C@H](OCc3ccccc3)[C@@H](OCc3ccccc3)[C@@H]2OCc2ccccc2)O[C@H](CO[Si](c2ccccc2)(c2ccccc2)C(C)(C)C)[C@@H](OCc2ccccc2)[C@@H]1OCc1ccccc1. The van der Waals surface area contributed by atoms with Crippen LogP contribution in [0.15, 0.2) is 212 Å². The fourth-order valence-electron chi connectivity index (χ4n) is 10.4. The van der Waals surface area contributed by atoms with Gasteiger partial charge in [-0.25, -0.2) is 0 Å². The Morgan fingerprint density at radius 3 is 1.10 bits per heavy atom. The molecule has 12 nitrogen and oxygen atoms in total. The van der Waals surface area contributed by atoms with Crippen LogP contribution in [0.25, 0.3) is 0 Å². The molecule has 2 aliphatic heterocycles. The Morgan fingerprint density at radius 2 is 0.744 bits per heavy atom. The van der Waals surface area contributed by atoms with Gasteiger partial charge in [0.25, 0.3) is 8.32 Å². The van der Waals surface area contributed by atoms with E-state index in [2.05, 4.69) is 69.3 Å². The molecule has 2 aliphatic rings. The largest absolute Gasteiger partial charge is 0.454 e. The first-order valence-electron chi connectivity index (χ1n) is 26.9. The number of esters is 1. The maximum atomic E-state index is 13.4. The molecule has 1 N–H and O–H groups in total. The summed E-state index contributed by atoms with van der Waals surface area (Å²) in [7, 11) is -3.18. The molecule has 13 heteroatoms. The molecule has 2 fully saturated rings. The summed E-state index contributed by atoms with van der Waals surface area (Å²) in [4.78, 5) is 13.4. The highest BCUT2D eigenvalue weighted by Gasteiger charge is 2.55. The standard InChI is InChI=1S/C65H72O12Si/c1-47(66)75-62-60(71-43-51-32-18-8-19-33-51)58(69-41-49-28-14-6-15-29-49)56(46-74-78(65(2,3)4,53-36-22-10-23-37-53)54-38-24-11-25-39-54)77-64(62)73-45-55-57(68-40-48-26-12-5-13-27-48)59(70-42-50-30-16-7-17-31-50)61(63(67)76-55)72-44-52-34-20-9-21-35-52/h5-39,55-64,67H,40-46H2,1-4H3/t55-,56-,57-,58-,59+,60+,61-,62-,63+,64-/m1/s1. The average molecular weight is 1070 g/mol. The molecule has 78 heavy (non-hydrogen) atoms. The number of carbonyl (C=O) groups excluding carboxylic acids is 1. The number of hydrogen-bond acceptors (Lipinski definition) is 12. The normalized spacial score (nSPS) is 23.6. The maximum absolute atomic E-state index is 13.4. The lowest BCUT2D eigenvalue weighted by atomic mass is 9.97. The molecule has 2 heterocycles. The lowest BCUT2D eigenvalue weighted by Gasteiger charge is -2.48. The molecule has 7 aromatic carbocycles. The van der Waals surface area contributed by atoms with Gasteiger partial charge in [-0.2, -0.15) is 0 Å². The van der Waals surface area contributed by atoms with Gasteiger partial charge in [0, 0.05) is 6.92 Å². The van der Waals surface area contributed by atoms with Crippen molar-refractivity contribution in [3.05, 3.63) is 240 Å². The lowest BCUT2D eigenvalue weighted by molar-refractivity contribution is -0.343. The lowest BCUT2D eigenvalue weighted by Crippen LogP contribution is -2.68. The van der Waals surface area contributed by atoms with Crippen molar-refractivity contribution in [2.45, 2.75) is 127 Å². The summed E-state index contributed by atoms with van der Waals surface area (Å²) in [5, 5.41) is 13.9. The topological polar surface area (TPSA) is 130 Å². The Bertz CT molecular complexity index is 2790. The van der Waals surface area contributed by atoms with Gasteiger partial charge in [0.15, 0.2) is 18.7 Å². The van der Waals surface area contributed by atoms with Gasteiger partial charge in [0.05, 0.1) is 46.2 Å². The molecule has 408 valence electrons. The third kappa shape index (κ3) is 14.5. The summed E-state index contributed by atoms with van der Waals surface area (Å²) < 4.78 is 68.6. The van der Waals surface area contributed by atoms with Gasteiger partial charge in [0.2, 0.25) is 0 Å². The monoisotopic (exact) mass is 1070 g/mol. The predicted octanol–water partition coefficient (Wildman–Crippen LogP) is 9.88. The van der Waals surface area contributed by atoms with E-state index < -0.39 is 75.7 Å². The van der Waals surface area contributed by atoms with Crippen LogP contribution in [0.4, 0.5) is 0 Å². The van der Waals surface area contributed by atoms with Gasteiger partial charge in [-0.1, -0.05) is 233 Å². The second-order valence-corrected chi connectivity index (χ2v) is 25.1. The number of aliphatic hydroxyl groups is 1. The van der Waals surface area contributed by atoms with E-state index in [0.717, 1.165) is 38.2 Å². The highest BCUT2D eigenvalue weighted by molar-refractivity contribution is 6.99. The van der Waals surface area contributed by atoms with E-state index in [4.69, 9.17) is 47.1 Å². The second kappa shape index (κ2) is 27.6. The molecule has 2 saturated heterocycles. The van der Waals surface area contributed by atoms with E-state index in [9.17, 15) is 9.90 Å². The Hall–Kier alpha value is -6.17. The Balaban J connectivity index is 1.09. The molecule has 0 unspecified atom stereocenters. The fraction of sp³-hybridized carbons (Fsp3) is 0.338. The number of carbonyl (C=O) groups is 1. The van der Waals surface area contributed by atoms with Crippen LogP contribution in [-0.2, 0) is 84.9 Å². The van der Waals surface area contributed by atoms with Crippen LogP contribution in [0.3, 0.4) is 0 Å². The van der Waals surface area contributed by atoms with E-state index >= 15 is 0 Å². The molecule has 0 radical (unpaired) electrons. The molecule has 10 atom stereocenters. The van der Waals surface area contributed by atoms with Crippen LogP contribution in [0, 0.1) is 0 Å². The molecular formula is C65H72O12Si. The van der Waals surface area contributed by atoms with Crippen molar-refractivity contribution >= 4 is 24.7 Å². The summed E-state index contributed by atoms with van der Waals surface area (Å²) in [5.74, 6) is -0.574. The van der Waals surface area contributed by atoms with Crippen molar-refractivity contribution in [2.24, 2.45) is 0 Å². The number of rotatable bonds is 24. The number of benzene rings is 7. The fourth-order valence-corrected chi connectivity index (χ4v) is 15.0. The molecule has 0 aromatic heterocycles. The van der Waals surface area contributed by atoms with E-state index in [0.29, 0.717) is 0 Å². The van der Waals surface area contributed by atoms with Crippen LogP contribution in [0.5, 0.6) is 0 Å². The molecule has 0 saturated carbocycles. The summed E-state index contributed by atoms with van der Waals surface area (Å²) in [6.45, 7) is 8.76. The highest BCUT2D eigenvalue weighted by Crippen LogP contribution is 2.39. The summed E-state index contributed by atoms with van der Waals surface area (Å²) in [5.41, 5.74) is 4.58. The van der Waals surface area contributed by atoms with E-state index in [-0.39, 0.29) is 51.3 Å². The van der Waals surface area contributed by atoms with Crippen LogP contribution >= 0.6 is 0 Å². The Kier molecular flexibility index (Phi) is 20.0. The first kappa shape index (κ1) is 56.5. The van der Waals surface area contributed by atoms with Crippen LogP contribution < -0.4 is 10.4 Å². The Labute approximate surface area is 460 Å². The number of ether oxygens (including phenoxy) is 9. The minimum absolute atomic E-state index is 0.0435. The zero-order valence-corrected chi connectivity index (χ0v) is 45.9. The molecule has 0 amide bonds. The van der Waals surface area contributed by atoms with Crippen molar-refractivity contribution in [1.29, 1.82) is 0 Å². The molecule has 0 bridgehead atoms. The van der Waals surface area contributed by atoms with Crippen molar-refractivity contribution < 1.29 is 57.0 Å². The van der Waals surface area contributed by atoms with Crippen molar-refractivity contribution in [1.82, 2.24) is 0 Å². The van der Waals surface area contributed by atoms with Gasteiger partial charge in [-0.05, 0) is 43.2 Å². The molecule has 7 aromatic rings. The summed E-state index contributed by atoms with van der Waals surface area (Å²) in [6, 6.07) is 69.8. The molecule has 0 spiro atoms. The minimum atomic E-state index is -3.18. The van der Waals surface area contributed by atoms with Crippen molar-refractivity contribution in [3.8, 4) is 0 Å². The number of aliphatic hydroxyl groups excluding tert-OH is 1. The second-order valence-electron chi connectivity index (χ2n) is 20.8. The minimum Gasteiger partial charge on any atom is -0.454 e.